The van der Waals surface area contributed by atoms with Gasteiger partial charge in [0.1, 0.15) is 0 Å². The molecule has 0 amide bonds. The van der Waals surface area contributed by atoms with Gasteiger partial charge in [-0.1, -0.05) is 0 Å². The van der Waals surface area contributed by atoms with Gasteiger partial charge in [-0.15, -0.1) is 11.3 Å². The summed E-state index contributed by atoms with van der Waals surface area (Å²) >= 11 is 9.58. The fourth-order valence-corrected chi connectivity index (χ4v) is 2.47. The van der Waals surface area contributed by atoms with E-state index < -0.39 is 0 Å². The Kier molecular flexibility index (Phi) is 3.43. The van der Waals surface area contributed by atoms with Crippen LogP contribution in [0.25, 0.3) is 0 Å². The highest BCUT2D eigenvalue weighted by Crippen LogP contribution is 2.31. The van der Waals surface area contributed by atoms with E-state index in [1.165, 1.54) is 4.88 Å². The summed E-state index contributed by atoms with van der Waals surface area (Å²) in [4.78, 5) is 3.34. The van der Waals surface area contributed by atoms with Gasteiger partial charge in [-0.3, -0.25) is 4.90 Å². The van der Waals surface area contributed by atoms with Gasteiger partial charge < -0.3 is 0 Å². The Morgan fingerprint density at radius 1 is 1.55 bits per heavy atom. The van der Waals surface area contributed by atoms with Crippen LogP contribution in [0.15, 0.2) is 15.9 Å². The maximum Gasteiger partial charge on any atom is 0.0874 e. The number of nitrogens with zero attached hydrogens (tertiary/aromatic N) is 1. The maximum absolute atomic E-state index is 4.44. The highest BCUT2D eigenvalue weighted by atomic mass is 79.9. The molecule has 0 radical (unpaired) electrons. The average Bonchev–Trinajstić information content (AvgIpc) is 2.34. The number of halogens is 1. The molecule has 62 valence electrons. The molecule has 1 heterocycles. The Morgan fingerprint density at radius 3 is 2.55 bits per heavy atom. The second kappa shape index (κ2) is 3.94. The van der Waals surface area contributed by atoms with Crippen molar-refractivity contribution in [3.05, 3.63) is 20.8 Å². The third kappa shape index (κ3) is 2.47. The smallest absolute Gasteiger partial charge is 0.0874 e. The number of hydrogen-bond donors (Lipinski definition) is 1. The molecule has 0 aliphatic heterocycles. The van der Waals surface area contributed by atoms with Gasteiger partial charge in [0.25, 0.3) is 0 Å². The molecule has 0 spiro atoms. The molecule has 0 fully saturated rings. The van der Waals surface area contributed by atoms with E-state index in [1.54, 1.807) is 11.3 Å². The normalized spacial score (nSPS) is 13.9. The maximum atomic E-state index is 4.44. The minimum Gasteiger partial charge on any atom is -0.293 e. The lowest BCUT2D eigenvalue weighted by Crippen LogP contribution is -2.13. The second-order valence-electron chi connectivity index (χ2n) is 2.48. The third-order valence-electron chi connectivity index (χ3n) is 1.34. The Balaban J connectivity index is 2.76. The molecule has 0 aliphatic rings. The molecule has 1 atom stereocenters. The molecule has 0 aromatic carbocycles. The van der Waals surface area contributed by atoms with Gasteiger partial charge in [0.15, 0.2) is 0 Å². The summed E-state index contributed by atoms with van der Waals surface area (Å²) in [5.74, 6) is 0. The van der Waals surface area contributed by atoms with Crippen LogP contribution < -0.4 is 0 Å². The Labute approximate surface area is 84.9 Å². The van der Waals surface area contributed by atoms with Gasteiger partial charge in [0.2, 0.25) is 0 Å². The van der Waals surface area contributed by atoms with Crippen LogP contribution in [0, 0.1) is 0 Å². The van der Waals surface area contributed by atoms with Crippen molar-refractivity contribution < 1.29 is 0 Å². The molecule has 1 rings (SSSR count). The van der Waals surface area contributed by atoms with Crippen LogP contribution in [0.2, 0.25) is 0 Å². The summed E-state index contributed by atoms with van der Waals surface area (Å²) in [6.45, 7) is 0. The van der Waals surface area contributed by atoms with Crippen molar-refractivity contribution in [3.63, 3.8) is 0 Å². The predicted octanol–water partition coefficient (Wildman–Crippen LogP) is 3.00. The first-order valence-corrected chi connectivity index (χ1v) is 5.33. The van der Waals surface area contributed by atoms with Crippen LogP contribution in [-0.2, 0) is 0 Å². The molecular weight excluding hydrogens is 242 g/mol. The fourth-order valence-electron chi connectivity index (χ4n) is 0.722. The molecule has 0 N–H and O–H groups in total. The Hall–Kier alpha value is 0.490. The van der Waals surface area contributed by atoms with Gasteiger partial charge in [-0.05, 0) is 42.2 Å². The van der Waals surface area contributed by atoms with Crippen molar-refractivity contribution in [1.82, 2.24) is 4.90 Å². The Morgan fingerprint density at radius 2 is 2.18 bits per heavy atom. The molecule has 1 unspecified atom stereocenters. The first-order valence-electron chi connectivity index (χ1n) is 3.21. The molecule has 0 saturated heterocycles. The van der Waals surface area contributed by atoms with Gasteiger partial charge in [0, 0.05) is 4.88 Å². The zero-order valence-electron chi connectivity index (χ0n) is 6.41. The quantitative estimate of drug-likeness (QED) is 0.625. The topological polar surface area (TPSA) is 3.24 Å². The van der Waals surface area contributed by atoms with E-state index in [4.69, 9.17) is 0 Å². The summed E-state index contributed by atoms with van der Waals surface area (Å²) in [7, 11) is 4.04. The standard InChI is InChI=1S/C7H10BrNS2/c1-9(2)7(10)5-3-4-6(8)11-5/h3-4,7,10H,1-2H3. The number of thiophene rings is 1. The molecule has 1 aromatic heterocycles. The van der Waals surface area contributed by atoms with Crippen molar-refractivity contribution >= 4 is 39.9 Å². The minimum absolute atomic E-state index is 0.214. The highest BCUT2D eigenvalue weighted by molar-refractivity contribution is 9.11. The van der Waals surface area contributed by atoms with Crippen LogP contribution >= 0.6 is 39.9 Å². The van der Waals surface area contributed by atoms with Crippen LogP contribution in [0.3, 0.4) is 0 Å². The highest BCUT2D eigenvalue weighted by Gasteiger charge is 2.09. The number of rotatable bonds is 2. The number of hydrogen-bond acceptors (Lipinski definition) is 3. The molecule has 0 saturated carbocycles. The lowest BCUT2D eigenvalue weighted by atomic mass is 10.4. The Bertz CT molecular complexity index is 234. The molecule has 4 heteroatoms. The third-order valence-corrected chi connectivity index (χ3v) is 3.93. The molecule has 11 heavy (non-hydrogen) atoms. The minimum atomic E-state index is 0.214. The molecule has 1 nitrogen and oxygen atoms in total. The largest absolute Gasteiger partial charge is 0.293 e. The molecule has 0 aliphatic carbocycles. The van der Waals surface area contributed by atoms with Crippen molar-refractivity contribution in [2.75, 3.05) is 14.1 Å². The first-order chi connectivity index (χ1) is 5.11. The van der Waals surface area contributed by atoms with E-state index in [2.05, 4.69) is 39.5 Å². The summed E-state index contributed by atoms with van der Waals surface area (Å²) in [6.07, 6.45) is 0. The van der Waals surface area contributed by atoms with Gasteiger partial charge in [-0.2, -0.15) is 12.6 Å². The zero-order chi connectivity index (χ0) is 8.43. The second-order valence-corrected chi connectivity index (χ2v) is 5.46. The summed E-state index contributed by atoms with van der Waals surface area (Å²) < 4.78 is 1.16. The van der Waals surface area contributed by atoms with E-state index in [1.807, 2.05) is 20.2 Å². The van der Waals surface area contributed by atoms with Crippen molar-refractivity contribution in [2.24, 2.45) is 0 Å². The van der Waals surface area contributed by atoms with E-state index in [0.29, 0.717) is 0 Å². The lowest BCUT2D eigenvalue weighted by molar-refractivity contribution is 0.397. The van der Waals surface area contributed by atoms with Crippen molar-refractivity contribution in [3.8, 4) is 0 Å². The van der Waals surface area contributed by atoms with E-state index in [-0.39, 0.29) is 5.37 Å². The summed E-state index contributed by atoms with van der Waals surface area (Å²) in [6, 6.07) is 4.14. The molecule has 1 aromatic rings. The van der Waals surface area contributed by atoms with Crippen LogP contribution in [0.5, 0.6) is 0 Å². The van der Waals surface area contributed by atoms with Gasteiger partial charge in [-0.25, -0.2) is 0 Å². The van der Waals surface area contributed by atoms with Crippen LogP contribution in [0.1, 0.15) is 10.3 Å². The van der Waals surface area contributed by atoms with E-state index in [9.17, 15) is 0 Å². The predicted molar refractivity (Wildman–Crippen MR) is 57.4 cm³/mol. The van der Waals surface area contributed by atoms with Gasteiger partial charge >= 0.3 is 0 Å². The van der Waals surface area contributed by atoms with Crippen LogP contribution in [0.4, 0.5) is 0 Å². The molecular formula is C7H10BrNS2. The zero-order valence-corrected chi connectivity index (χ0v) is 9.71. The monoisotopic (exact) mass is 251 g/mol. The van der Waals surface area contributed by atoms with Crippen molar-refractivity contribution in [1.29, 1.82) is 0 Å². The van der Waals surface area contributed by atoms with Gasteiger partial charge in [0.05, 0.1) is 9.16 Å². The fraction of sp³-hybridized carbons (Fsp3) is 0.429. The van der Waals surface area contributed by atoms with E-state index >= 15 is 0 Å². The molecule has 0 bridgehead atoms. The van der Waals surface area contributed by atoms with Crippen LogP contribution in [-0.4, -0.2) is 19.0 Å². The van der Waals surface area contributed by atoms with Crippen molar-refractivity contribution in [2.45, 2.75) is 5.37 Å². The van der Waals surface area contributed by atoms with E-state index in [0.717, 1.165) is 3.79 Å². The number of thiol groups is 1. The first kappa shape index (κ1) is 9.58. The summed E-state index contributed by atoms with van der Waals surface area (Å²) in [5, 5.41) is 0.214. The average molecular weight is 252 g/mol. The lowest BCUT2D eigenvalue weighted by Gasteiger charge is -2.16. The summed E-state index contributed by atoms with van der Waals surface area (Å²) in [5.41, 5.74) is 0. The SMILES string of the molecule is CN(C)C(S)c1ccc(Br)s1.